The lowest BCUT2D eigenvalue weighted by Gasteiger charge is -2.27. The first-order valence-electron chi connectivity index (χ1n) is 10.2. The number of hydrogen-bond donors (Lipinski definition) is 0. The molecule has 3 atom stereocenters. The third kappa shape index (κ3) is 3.29. The van der Waals surface area contributed by atoms with E-state index in [2.05, 4.69) is 46.4 Å². The highest BCUT2D eigenvalue weighted by Crippen LogP contribution is 2.51. The van der Waals surface area contributed by atoms with E-state index in [0.29, 0.717) is 0 Å². The normalized spacial score (nSPS) is 24.5. The first kappa shape index (κ1) is 18.6. The molecular weight excluding hydrogens is 380 g/mol. The molecule has 0 radical (unpaired) electrons. The van der Waals surface area contributed by atoms with Crippen molar-refractivity contribution in [2.75, 3.05) is 13.1 Å². The van der Waals surface area contributed by atoms with Gasteiger partial charge in [0.2, 0.25) is 0 Å². The predicted molar refractivity (Wildman–Crippen MR) is 116 cm³/mol. The van der Waals surface area contributed by atoms with Gasteiger partial charge < -0.3 is 0 Å². The average molecular weight is 403 g/mol. The first-order chi connectivity index (χ1) is 14.2. The van der Waals surface area contributed by atoms with Gasteiger partial charge in [-0.05, 0) is 29.7 Å². The number of Topliss-reactive ketones (excluding diaryl/α,β-unsaturated/α-hetero) is 1. The third-order valence-corrected chi connectivity index (χ3v) is 6.39. The molecule has 5 rings (SSSR count). The van der Waals surface area contributed by atoms with Gasteiger partial charge in [0.05, 0.1) is 18.0 Å². The molecule has 0 N–H and O–H groups in total. The van der Waals surface area contributed by atoms with E-state index in [-0.39, 0.29) is 23.8 Å². The molecule has 2 fully saturated rings. The lowest BCUT2D eigenvalue weighted by Crippen LogP contribution is -2.32. The van der Waals surface area contributed by atoms with E-state index in [1.165, 1.54) is 5.56 Å². The van der Waals surface area contributed by atoms with Crippen LogP contribution in [0, 0.1) is 5.92 Å². The molecule has 4 heteroatoms. The van der Waals surface area contributed by atoms with Crippen LogP contribution in [0.4, 0.5) is 0 Å². The number of hydrazine groups is 1. The Bertz CT molecular complexity index is 990. The second-order valence-electron chi connectivity index (χ2n) is 7.79. The van der Waals surface area contributed by atoms with Gasteiger partial charge in [-0.15, -0.1) is 0 Å². The maximum atomic E-state index is 13.8. The van der Waals surface area contributed by atoms with Gasteiger partial charge in [0.25, 0.3) is 0 Å². The van der Waals surface area contributed by atoms with Gasteiger partial charge in [-0.3, -0.25) is 4.79 Å². The Balaban J connectivity index is 1.65. The van der Waals surface area contributed by atoms with Crippen LogP contribution in [0.25, 0.3) is 0 Å². The van der Waals surface area contributed by atoms with Crippen LogP contribution in [-0.4, -0.2) is 28.9 Å². The van der Waals surface area contributed by atoms with E-state index in [1.807, 2.05) is 48.5 Å². The minimum Gasteiger partial charge on any atom is -0.294 e. The number of hydrogen-bond acceptors (Lipinski definition) is 3. The van der Waals surface area contributed by atoms with Crippen molar-refractivity contribution in [2.45, 2.75) is 18.5 Å². The molecule has 0 spiro atoms. The summed E-state index contributed by atoms with van der Waals surface area (Å²) < 4.78 is 0. The van der Waals surface area contributed by atoms with Crippen LogP contribution in [0.3, 0.4) is 0 Å². The number of carbonyl (C=O) groups excluding carboxylic acids is 1. The Hall–Kier alpha value is -2.46. The molecule has 0 amide bonds. The minimum atomic E-state index is -0.179. The largest absolute Gasteiger partial charge is 0.294 e. The Morgan fingerprint density at radius 3 is 1.83 bits per heavy atom. The SMILES string of the molecule is O=C(c1ccccc1)[C@@H]1[C@@H](c2ccccc2)N2CCCN2[C@H]1c1ccc(Cl)cc1. The summed E-state index contributed by atoms with van der Waals surface area (Å²) in [4.78, 5) is 13.8. The summed E-state index contributed by atoms with van der Waals surface area (Å²) >= 11 is 6.16. The van der Waals surface area contributed by atoms with Crippen molar-refractivity contribution in [1.29, 1.82) is 0 Å². The van der Waals surface area contributed by atoms with E-state index in [0.717, 1.165) is 35.7 Å². The van der Waals surface area contributed by atoms with Crippen molar-refractivity contribution in [3.63, 3.8) is 0 Å². The van der Waals surface area contributed by atoms with Crippen molar-refractivity contribution >= 4 is 17.4 Å². The number of nitrogens with zero attached hydrogens (tertiary/aromatic N) is 2. The van der Waals surface area contributed by atoms with Gasteiger partial charge in [-0.2, -0.15) is 0 Å². The summed E-state index contributed by atoms with van der Waals surface area (Å²) in [6, 6.07) is 28.2. The van der Waals surface area contributed by atoms with Gasteiger partial charge in [0, 0.05) is 23.7 Å². The molecule has 0 unspecified atom stereocenters. The monoisotopic (exact) mass is 402 g/mol. The Morgan fingerprint density at radius 2 is 1.24 bits per heavy atom. The summed E-state index contributed by atoms with van der Waals surface area (Å²) in [6.45, 7) is 1.94. The standard InChI is InChI=1S/C25H23ClN2O/c26-21-14-12-19(13-15-21)24-22(25(29)20-10-5-2-6-11-20)23(18-8-3-1-4-9-18)27-16-7-17-28(24)27/h1-6,8-15,22-24H,7,16-17H2/t22-,23-,24+/m1/s1. The summed E-state index contributed by atoms with van der Waals surface area (Å²) in [6.07, 6.45) is 1.11. The molecule has 3 aromatic carbocycles. The van der Waals surface area contributed by atoms with Crippen molar-refractivity contribution < 1.29 is 4.79 Å². The molecule has 3 nitrogen and oxygen atoms in total. The van der Waals surface area contributed by atoms with Crippen molar-refractivity contribution in [3.05, 3.63) is 107 Å². The predicted octanol–water partition coefficient (Wildman–Crippen LogP) is 5.56. The highest BCUT2D eigenvalue weighted by atomic mass is 35.5. The second kappa shape index (κ2) is 7.75. The van der Waals surface area contributed by atoms with Gasteiger partial charge >= 0.3 is 0 Å². The molecule has 0 aliphatic carbocycles. The quantitative estimate of drug-likeness (QED) is 0.534. The van der Waals surface area contributed by atoms with Crippen molar-refractivity contribution in [2.24, 2.45) is 5.92 Å². The van der Waals surface area contributed by atoms with Gasteiger partial charge in [-0.1, -0.05) is 84.4 Å². The highest BCUT2D eigenvalue weighted by Gasteiger charge is 2.53. The lowest BCUT2D eigenvalue weighted by atomic mass is 9.80. The fourth-order valence-electron chi connectivity index (χ4n) is 4.94. The fraction of sp³-hybridized carbons (Fsp3) is 0.240. The molecule has 29 heavy (non-hydrogen) atoms. The van der Waals surface area contributed by atoms with Crippen LogP contribution in [0.15, 0.2) is 84.9 Å². The van der Waals surface area contributed by atoms with Crippen LogP contribution in [0.1, 0.15) is 40.0 Å². The Labute approximate surface area is 176 Å². The molecular formula is C25H23ClN2O. The average Bonchev–Trinajstić information content (AvgIpc) is 3.35. The number of benzene rings is 3. The number of rotatable bonds is 4. The van der Waals surface area contributed by atoms with Crippen molar-refractivity contribution in [3.8, 4) is 0 Å². The summed E-state index contributed by atoms with van der Waals surface area (Å²) in [5.41, 5.74) is 3.12. The van der Waals surface area contributed by atoms with E-state index < -0.39 is 0 Å². The van der Waals surface area contributed by atoms with E-state index in [1.54, 1.807) is 0 Å². The maximum absolute atomic E-state index is 13.8. The zero-order valence-electron chi connectivity index (χ0n) is 16.1. The lowest BCUT2D eigenvalue weighted by molar-refractivity contribution is 0.0252. The molecule has 3 aromatic rings. The minimum absolute atomic E-state index is 0.00711. The number of ketones is 1. The second-order valence-corrected chi connectivity index (χ2v) is 8.22. The smallest absolute Gasteiger partial charge is 0.169 e. The van der Waals surface area contributed by atoms with Crippen LogP contribution >= 0.6 is 11.6 Å². The molecule has 0 bridgehead atoms. The van der Waals surface area contributed by atoms with Crippen LogP contribution in [0.5, 0.6) is 0 Å². The van der Waals surface area contributed by atoms with Gasteiger partial charge in [0.15, 0.2) is 5.78 Å². The summed E-state index contributed by atoms with van der Waals surface area (Å²) in [5, 5.41) is 5.54. The van der Waals surface area contributed by atoms with Crippen LogP contribution in [0.2, 0.25) is 5.02 Å². The fourth-order valence-corrected chi connectivity index (χ4v) is 5.07. The van der Waals surface area contributed by atoms with Crippen LogP contribution < -0.4 is 0 Å². The molecule has 146 valence electrons. The Morgan fingerprint density at radius 1 is 0.724 bits per heavy atom. The van der Waals surface area contributed by atoms with E-state index in [4.69, 9.17) is 11.6 Å². The zero-order chi connectivity index (χ0) is 19.8. The molecule has 2 heterocycles. The summed E-state index contributed by atoms with van der Waals surface area (Å²) in [5.74, 6) is 0.0232. The Kier molecular flexibility index (Phi) is 4.96. The van der Waals surface area contributed by atoms with Crippen molar-refractivity contribution in [1.82, 2.24) is 10.0 Å². The number of halogens is 1. The molecule has 0 aromatic heterocycles. The highest BCUT2D eigenvalue weighted by molar-refractivity contribution is 6.30. The number of fused-ring (bicyclic) bond motifs is 1. The van der Waals surface area contributed by atoms with Gasteiger partial charge in [-0.25, -0.2) is 10.0 Å². The number of carbonyl (C=O) groups is 1. The molecule has 2 aliphatic rings. The molecule has 2 saturated heterocycles. The maximum Gasteiger partial charge on any atom is 0.169 e. The third-order valence-electron chi connectivity index (χ3n) is 6.14. The van der Waals surface area contributed by atoms with E-state index in [9.17, 15) is 4.79 Å². The molecule has 0 saturated carbocycles. The van der Waals surface area contributed by atoms with Crippen LogP contribution in [-0.2, 0) is 0 Å². The topological polar surface area (TPSA) is 23.6 Å². The first-order valence-corrected chi connectivity index (χ1v) is 10.5. The summed E-state index contributed by atoms with van der Waals surface area (Å²) in [7, 11) is 0. The zero-order valence-corrected chi connectivity index (χ0v) is 16.9. The van der Waals surface area contributed by atoms with E-state index >= 15 is 0 Å². The van der Waals surface area contributed by atoms with Gasteiger partial charge in [0.1, 0.15) is 0 Å². The molecule has 2 aliphatic heterocycles.